The fourth-order valence-electron chi connectivity index (χ4n) is 1.25. The van der Waals surface area contributed by atoms with Crippen molar-refractivity contribution in [1.82, 2.24) is 4.98 Å². The predicted octanol–water partition coefficient (Wildman–Crippen LogP) is 1.39. The van der Waals surface area contributed by atoms with Crippen LogP contribution in [-0.4, -0.2) is 4.98 Å². The number of rotatable bonds is 0. The molecule has 0 spiro atoms. The Hall–Kier alpha value is -2.41. The molecule has 72 valence electrons. The second-order valence-electron chi connectivity index (χ2n) is 2.99. The Morgan fingerprint density at radius 1 is 1.33 bits per heavy atom. The highest BCUT2D eigenvalue weighted by Crippen LogP contribution is 2.14. The van der Waals surface area contributed by atoms with Crippen molar-refractivity contribution < 1.29 is 0 Å². The number of nitrogens with one attached hydrogen (secondary N) is 2. The van der Waals surface area contributed by atoms with Gasteiger partial charge in [-0.1, -0.05) is 12.2 Å². The molecule has 4 nitrogen and oxygen atoms in total. The highest BCUT2D eigenvalue weighted by atomic mass is 15.0. The summed E-state index contributed by atoms with van der Waals surface area (Å²) in [4.78, 5) is 4.04. The zero-order chi connectivity index (χ0) is 10.7. The van der Waals surface area contributed by atoms with Gasteiger partial charge in [0.25, 0.3) is 0 Å². The number of fused-ring (bicyclic) bond motifs is 1. The summed E-state index contributed by atoms with van der Waals surface area (Å²) < 4.78 is 0. The zero-order valence-corrected chi connectivity index (χ0v) is 7.86. The first kappa shape index (κ1) is 9.16. The van der Waals surface area contributed by atoms with Gasteiger partial charge in [-0.15, -0.1) is 0 Å². The second-order valence-corrected chi connectivity index (χ2v) is 2.99. The van der Waals surface area contributed by atoms with E-state index in [1.165, 1.54) is 0 Å². The normalized spacial score (nSPS) is 12.2. The van der Waals surface area contributed by atoms with Crippen LogP contribution >= 0.6 is 0 Å². The summed E-state index contributed by atoms with van der Waals surface area (Å²) in [5, 5.41) is 19.3. The minimum Gasteiger partial charge on any atom is -0.346 e. The zero-order valence-electron chi connectivity index (χ0n) is 7.86. The molecule has 0 fully saturated rings. The molecule has 2 heterocycles. The lowest BCUT2D eigenvalue weighted by Crippen LogP contribution is -2.08. The molecule has 0 radical (unpaired) electrons. The number of nitriles is 1. The van der Waals surface area contributed by atoms with Gasteiger partial charge in [0.2, 0.25) is 0 Å². The van der Waals surface area contributed by atoms with Crippen molar-refractivity contribution in [3.05, 3.63) is 47.1 Å². The first-order chi connectivity index (χ1) is 7.31. The molecular formula is C11H8N4. The average molecular weight is 196 g/mol. The third-order valence-electron chi connectivity index (χ3n) is 2.01. The van der Waals surface area contributed by atoms with Crippen molar-refractivity contribution in [3.8, 4) is 6.07 Å². The largest absolute Gasteiger partial charge is 0.346 e. The Kier molecular flexibility index (Phi) is 2.30. The maximum atomic E-state index is 8.77. The van der Waals surface area contributed by atoms with E-state index in [2.05, 4.69) is 10.3 Å². The van der Waals surface area contributed by atoms with Gasteiger partial charge in [0, 0.05) is 11.8 Å². The van der Waals surface area contributed by atoms with Crippen LogP contribution in [0.2, 0.25) is 0 Å². The van der Waals surface area contributed by atoms with Crippen molar-refractivity contribution in [2.24, 2.45) is 0 Å². The molecular weight excluding hydrogens is 188 g/mol. The van der Waals surface area contributed by atoms with Crippen molar-refractivity contribution in [2.75, 3.05) is 5.32 Å². The van der Waals surface area contributed by atoms with Crippen LogP contribution in [0.15, 0.2) is 30.5 Å². The van der Waals surface area contributed by atoms with E-state index in [1.807, 2.05) is 24.3 Å². The molecule has 1 aliphatic rings. The number of hydrogen-bond donors (Lipinski definition) is 2. The second kappa shape index (κ2) is 3.76. The standard InChI is InChI=1S/C11H8N4/c12-7-9-5-4-8-3-1-2-6-14-11(8)15-10(9)13/h1-6H,(H2,13,14,15). The van der Waals surface area contributed by atoms with E-state index >= 15 is 0 Å². The number of allylic oxidation sites excluding steroid dienone is 2. The Morgan fingerprint density at radius 3 is 3.00 bits per heavy atom. The molecule has 15 heavy (non-hydrogen) atoms. The lowest BCUT2D eigenvalue weighted by Gasteiger charge is -1.96. The van der Waals surface area contributed by atoms with E-state index < -0.39 is 0 Å². The number of hydrogen-bond acceptors (Lipinski definition) is 4. The predicted molar refractivity (Wildman–Crippen MR) is 56.6 cm³/mol. The van der Waals surface area contributed by atoms with Gasteiger partial charge in [0.1, 0.15) is 11.9 Å². The third kappa shape index (κ3) is 1.76. The smallest absolute Gasteiger partial charge is 0.164 e. The lowest BCUT2D eigenvalue weighted by molar-refractivity contribution is 1.10. The van der Waals surface area contributed by atoms with Gasteiger partial charge in [-0.05, 0) is 18.2 Å². The van der Waals surface area contributed by atoms with Gasteiger partial charge in [-0.3, -0.25) is 5.41 Å². The van der Waals surface area contributed by atoms with E-state index in [0.29, 0.717) is 5.82 Å². The van der Waals surface area contributed by atoms with E-state index in [9.17, 15) is 0 Å². The molecule has 4 heteroatoms. The Bertz CT molecular complexity index is 549. The van der Waals surface area contributed by atoms with Crippen LogP contribution in [0.3, 0.4) is 0 Å². The van der Waals surface area contributed by atoms with Crippen LogP contribution in [0.1, 0.15) is 11.1 Å². The van der Waals surface area contributed by atoms with Crippen molar-refractivity contribution in [2.45, 2.75) is 0 Å². The first-order valence-corrected chi connectivity index (χ1v) is 4.41. The van der Waals surface area contributed by atoms with Crippen LogP contribution in [0.5, 0.6) is 0 Å². The molecule has 1 aromatic heterocycles. The molecule has 1 aromatic rings. The molecule has 0 aliphatic carbocycles. The monoisotopic (exact) mass is 196 g/mol. The number of anilines is 1. The summed E-state index contributed by atoms with van der Waals surface area (Å²) in [6, 6.07) is 5.31. The fraction of sp³-hybridized carbons (Fsp3) is 0. The quantitative estimate of drug-likeness (QED) is 0.658. The fourth-order valence-corrected chi connectivity index (χ4v) is 1.25. The number of nitrogens with zero attached hydrogens (tertiary/aromatic N) is 2. The first-order valence-electron chi connectivity index (χ1n) is 4.41. The van der Waals surface area contributed by atoms with Crippen LogP contribution in [-0.2, 0) is 0 Å². The lowest BCUT2D eigenvalue weighted by atomic mass is 10.2. The van der Waals surface area contributed by atoms with E-state index in [4.69, 9.17) is 10.7 Å². The summed E-state index contributed by atoms with van der Waals surface area (Å²) in [5.41, 5.74) is 1.10. The van der Waals surface area contributed by atoms with Gasteiger partial charge in [0.05, 0.1) is 5.56 Å². The topological polar surface area (TPSA) is 72.6 Å². The molecule has 0 saturated heterocycles. The molecule has 0 bridgehead atoms. The third-order valence-corrected chi connectivity index (χ3v) is 2.01. The van der Waals surface area contributed by atoms with Gasteiger partial charge >= 0.3 is 0 Å². The molecule has 0 unspecified atom stereocenters. The molecule has 2 rings (SSSR count). The summed E-state index contributed by atoms with van der Waals surface area (Å²) >= 11 is 0. The summed E-state index contributed by atoms with van der Waals surface area (Å²) in [7, 11) is 0. The minimum absolute atomic E-state index is 0.0186. The summed E-state index contributed by atoms with van der Waals surface area (Å²) in [6.07, 6.45) is 7.33. The molecule has 0 amide bonds. The average Bonchev–Trinajstić information content (AvgIpc) is 2.51. The van der Waals surface area contributed by atoms with Gasteiger partial charge in [0.15, 0.2) is 5.49 Å². The van der Waals surface area contributed by atoms with Crippen LogP contribution < -0.4 is 10.8 Å². The molecule has 0 aromatic carbocycles. The van der Waals surface area contributed by atoms with Crippen LogP contribution in [0.4, 0.5) is 5.82 Å². The molecule has 2 N–H and O–H groups in total. The number of aromatic nitrogens is 1. The van der Waals surface area contributed by atoms with Crippen LogP contribution in [0, 0.1) is 16.7 Å². The minimum atomic E-state index is -0.0186. The Labute approximate surface area is 86.7 Å². The van der Waals surface area contributed by atoms with Gasteiger partial charge in [-0.2, -0.15) is 5.26 Å². The molecule has 1 aliphatic heterocycles. The summed E-state index contributed by atoms with van der Waals surface area (Å²) in [6.45, 7) is 0. The molecule has 0 atom stereocenters. The van der Waals surface area contributed by atoms with Gasteiger partial charge < -0.3 is 5.32 Å². The van der Waals surface area contributed by atoms with Crippen molar-refractivity contribution >= 4 is 11.9 Å². The van der Waals surface area contributed by atoms with Crippen molar-refractivity contribution in [1.29, 1.82) is 10.7 Å². The molecule has 0 saturated carbocycles. The summed E-state index contributed by atoms with van der Waals surface area (Å²) in [5.74, 6) is 0.589. The van der Waals surface area contributed by atoms with Gasteiger partial charge in [-0.25, -0.2) is 4.98 Å². The highest BCUT2D eigenvalue weighted by molar-refractivity contribution is 5.66. The SMILES string of the molecule is N#Cc1ccc2c(nc1=N)NC=CC=C2. The maximum absolute atomic E-state index is 8.77. The van der Waals surface area contributed by atoms with Crippen molar-refractivity contribution in [3.63, 3.8) is 0 Å². The van der Waals surface area contributed by atoms with Crippen LogP contribution in [0.25, 0.3) is 6.08 Å². The van der Waals surface area contributed by atoms with E-state index in [0.717, 1.165) is 5.56 Å². The van der Waals surface area contributed by atoms with E-state index in [-0.39, 0.29) is 11.1 Å². The maximum Gasteiger partial charge on any atom is 0.164 e. The highest BCUT2D eigenvalue weighted by Gasteiger charge is 2.02. The Morgan fingerprint density at radius 2 is 2.20 bits per heavy atom. The Balaban J connectivity index is 2.72. The van der Waals surface area contributed by atoms with E-state index in [1.54, 1.807) is 18.3 Å².